The van der Waals surface area contributed by atoms with Gasteiger partial charge in [-0.1, -0.05) is 13.3 Å². The summed E-state index contributed by atoms with van der Waals surface area (Å²) in [5, 5.41) is 7.76. The second-order valence-electron chi connectivity index (χ2n) is 5.14. The van der Waals surface area contributed by atoms with Crippen molar-refractivity contribution in [1.82, 2.24) is 10.3 Å². The lowest BCUT2D eigenvalue weighted by atomic mass is 9.70. The summed E-state index contributed by atoms with van der Waals surface area (Å²) in [5.74, 6) is -0.307. The number of sulfonamides is 1. The van der Waals surface area contributed by atoms with E-state index in [1.54, 1.807) is 0 Å². The number of H-pyrrole nitrogens is 1. The quantitative estimate of drug-likeness (QED) is 0.746. The average molecular weight is 271 g/mol. The van der Waals surface area contributed by atoms with Crippen molar-refractivity contribution in [3.8, 4) is 0 Å². The fourth-order valence-electron chi connectivity index (χ4n) is 2.02. The summed E-state index contributed by atoms with van der Waals surface area (Å²) in [6.45, 7) is 2.73. The van der Waals surface area contributed by atoms with Crippen LogP contribution in [0.2, 0.25) is 0 Å². The topological polar surface area (TPSA) is 105 Å². The molecule has 0 aromatic carbocycles. The molecular weight excluding hydrogens is 254 g/mol. The minimum atomic E-state index is -3.76. The van der Waals surface area contributed by atoms with Gasteiger partial charge < -0.3 is 10.3 Å². The zero-order valence-corrected chi connectivity index (χ0v) is 11.0. The van der Waals surface area contributed by atoms with Crippen LogP contribution in [0.25, 0.3) is 0 Å². The number of amides is 1. The van der Waals surface area contributed by atoms with Crippen molar-refractivity contribution in [3.63, 3.8) is 0 Å². The Labute approximate surface area is 106 Å². The molecule has 0 radical (unpaired) electrons. The molecule has 2 rings (SSSR count). The van der Waals surface area contributed by atoms with E-state index in [1.807, 2.05) is 0 Å². The Balaban J connectivity index is 1.99. The van der Waals surface area contributed by atoms with E-state index in [0.717, 1.165) is 12.8 Å². The van der Waals surface area contributed by atoms with E-state index in [0.29, 0.717) is 6.54 Å². The zero-order valence-electron chi connectivity index (χ0n) is 10.2. The van der Waals surface area contributed by atoms with E-state index < -0.39 is 10.0 Å². The van der Waals surface area contributed by atoms with Crippen LogP contribution in [0.5, 0.6) is 0 Å². The van der Waals surface area contributed by atoms with Gasteiger partial charge in [-0.15, -0.1) is 0 Å². The zero-order chi connectivity index (χ0) is 13.4. The molecule has 7 heteroatoms. The Morgan fingerprint density at radius 1 is 1.56 bits per heavy atom. The number of primary sulfonamides is 1. The van der Waals surface area contributed by atoms with Gasteiger partial charge in [-0.2, -0.15) is 0 Å². The summed E-state index contributed by atoms with van der Waals surface area (Å²) in [7, 11) is -3.76. The monoisotopic (exact) mass is 271 g/mol. The third kappa shape index (κ3) is 2.73. The Hall–Kier alpha value is -1.34. The van der Waals surface area contributed by atoms with E-state index in [4.69, 9.17) is 5.14 Å². The number of hydrogen-bond donors (Lipinski definition) is 3. The third-order valence-electron chi connectivity index (χ3n) is 3.47. The largest absolute Gasteiger partial charge is 0.356 e. The molecule has 18 heavy (non-hydrogen) atoms. The summed E-state index contributed by atoms with van der Waals surface area (Å²) in [6.07, 6.45) is 4.64. The van der Waals surface area contributed by atoms with Crippen molar-refractivity contribution in [2.75, 3.05) is 6.54 Å². The highest BCUT2D eigenvalue weighted by molar-refractivity contribution is 7.89. The summed E-state index contributed by atoms with van der Waals surface area (Å²) in [6, 6.07) is 1.24. The van der Waals surface area contributed by atoms with Crippen LogP contribution in [0.1, 0.15) is 36.7 Å². The van der Waals surface area contributed by atoms with Gasteiger partial charge in [0.1, 0.15) is 5.69 Å². The van der Waals surface area contributed by atoms with Gasteiger partial charge in [-0.25, -0.2) is 13.6 Å². The molecule has 1 fully saturated rings. The standard InChI is InChI=1S/C11H17N3O3S/c1-11(3-2-4-11)7-14-10(15)9-5-8(6-13-9)18(12,16)17/h5-6,13H,2-4,7H2,1H3,(H,14,15)(H2,12,16,17). The number of rotatable bonds is 4. The molecule has 6 nitrogen and oxygen atoms in total. The molecule has 0 bridgehead atoms. The first kappa shape index (κ1) is 13.1. The number of aromatic nitrogens is 1. The van der Waals surface area contributed by atoms with Crippen LogP contribution < -0.4 is 10.5 Å². The SMILES string of the molecule is CC1(CNC(=O)c2cc(S(N)(=O)=O)c[nH]2)CCC1. The fraction of sp³-hybridized carbons (Fsp3) is 0.545. The van der Waals surface area contributed by atoms with Crippen molar-refractivity contribution in [2.45, 2.75) is 31.1 Å². The lowest BCUT2D eigenvalue weighted by molar-refractivity contribution is 0.0886. The van der Waals surface area contributed by atoms with E-state index >= 15 is 0 Å². The van der Waals surface area contributed by atoms with Crippen LogP contribution in [0.3, 0.4) is 0 Å². The molecule has 1 aliphatic carbocycles. The molecular formula is C11H17N3O3S. The van der Waals surface area contributed by atoms with E-state index in [9.17, 15) is 13.2 Å². The summed E-state index contributed by atoms with van der Waals surface area (Å²) in [4.78, 5) is 14.3. The van der Waals surface area contributed by atoms with Gasteiger partial charge in [0.05, 0.1) is 4.90 Å². The third-order valence-corrected chi connectivity index (χ3v) is 4.36. The first-order valence-electron chi connectivity index (χ1n) is 5.80. The second kappa shape index (κ2) is 4.40. The molecule has 1 heterocycles. The normalized spacial score (nSPS) is 18.1. The minimum Gasteiger partial charge on any atom is -0.356 e. The van der Waals surface area contributed by atoms with Crippen molar-refractivity contribution in [2.24, 2.45) is 10.6 Å². The van der Waals surface area contributed by atoms with E-state index in [2.05, 4.69) is 17.2 Å². The highest BCUT2D eigenvalue weighted by Gasteiger charge is 2.32. The van der Waals surface area contributed by atoms with Gasteiger partial charge in [0.2, 0.25) is 10.0 Å². The van der Waals surface area contributed by atoms with Gasteiger partial charge >= 0.3 is 0 Å². The highest BCUT2D eigenvalue weighted by atomic mass is 32.2. The van der Waals surface area contributed by atoms with Crippen molar-refractivity contribution in [1.29, 1.82) is 0 Å². The molecule has 1 aliphatic rings. The van der Waals surface area contributed by atoms with Gasteiger partial charge in [-0.05, 0) is 24.3 Å². The summed E-state index contributed by atoms with van der Waals surface area (Å²) < 4.78 is 22.1. The Morgan fingerprint density at radius 3 is 2.67 bits per heavy atom. The first-order valence-corrected chi connectivity index (χ1v) is 7.34. The molecule has 0 saturated heterocycles. The van der Waals surface area contributed by atoms with Gasteiger partial charge in [0.15, 0.2) is 0 Å². The van der Waals surface area contributed by atoms with E-state index in [1.165, 1.54) is 18.7 Å². The Kier molecular flexibility index (Phi) is 3.20. The molecule has 0 aliphatic heterocycles. The molecule has 1 aromatic heterocycles. The maximum atomic E-state index is 11.8. The first-order chi connectivity index (χ1) is 8.30. The average Bonchev–Trinajstić information content (AvgIpc) is 2.72. The molecule has 0 spiro atoms. The summed E-state index contributed by atoms with van der Waals surface area (Å²) in [5.41, 5.74) is 0.396. The van der Waals surface area contributed by atoms with Crippen molar-refractivity contribution < 1.29 is 13.2 Å². The predicted molar refractivity (Wildman–Crippen MR) is 66.5 cm³/mol. The summed E-state index contributed by atoms with van der Waals surface area (Å²) >= 11 is 0. The maximum Gasteiger partial charge on any atom is 0.267 e. The Bertz CT molecular complexity index is 558. The molecule has 100 valence electrons. The van der Waals surface area contributed by atoms with Gasteiger partial charge in [-0.3, -0.25) is 4.79 Å². The molecule has 0 unspecified atom stereocenters. The predicted octanol–water partition coefficient (Wildman–Crippen LogP) is 0.582. The molecule has 1 amide bonds. The van der Waals surface area contributed by atoms with Gasteiger partial charge in [0, 0.05) is 12.7 Å². The van der Waals surface area contributed by atoms with Crippen LogP contribution in [-0.2, 0) is 10.0 Å². The highest BCUT2D eigenvalue weighted by Crippen LogP contribution is 2.39. The van der Waals surface area contributed by atoms with E-state index in [-0.39, 0.29) is 21.9 Å². The minimum absolute atomic E-state index is 0.0810. The van der Waals surface area contributed by atoms with Crippen molar-refractivity contribution in [3.05, 3.63) is 18.0 Å². The number of carbonyl (C=O) groups excluding carboxylic acids is 1. The number of carbonyl (C=O) groups is 1. The Morgan fingerprint density at radius 2 is 2.22 bits per heavy atom. The molecule has 1 saturated carbocycles. The number of nitrogens with two attached hydrogens (primary N) is 1. The lowest BCUT2D eigenvalue weighted by Gasteiger charge is -2.38. The van der Waals surface area contributed by atoms with Crippen LogP contribution in [0.15, 0.2) is 17.2 Å². The fourth-order valence-corrected chi connectivity index (χ4v) is 2.52. The van der Waals surface area contributed by atoms with Crippen LogP contribution in [0, 0.1) is 5.41 Å². The van der Waals surface area contributed by atoms with Crippen molar-refractivity contribution >= 4 is 15.9 Å². The molecule has 4 N–H and O–H groups in total. The molecule has 1 aromatic rings. The number of hydrogen-bond acceptors (Lipinski definition) is 3. The van der Waals surface area contributed by atoms with Crippen LogP contribution >= 0.6 is 0 Å². The van der Waals surface area contributed by atoms with Crippen LogP contribution in [-0.4, -0.2) is 25.9 Å². The second-order valence-corrected chi connectivity index (χ2v) is 6.70. The van der Waals surface area contributed by atoms with Crippen LogP contribution in [0.4, 0.5) is 0 Å². The maximum absolute atomic E-state index is 11.8. The smallest absolute Gasteiger partial charge is 0.267 e. The number of aromatic amines is 1. The van der Waals surface area contributed by atoms with Gasteiger partial charge in [0.25, 0.3) is 5.91 Å². The molecule has 0 atom stereocenters. The lowest BCUT2D eigenvalue weighted by Crippen LogP contribution is -2.40. The number of nitrogens with one attached hydrogen (secondary N) is 2.